The fraction of sp³-hybridized carbons (Fsp3) is 0.500. The molecule has 0 aromatic carbocycles. The van der Waals surface area contributed by atoms with Gasteiger partial charge in [-0.3, -0.25) is 0 Å². The minimum Gasteiger partial charge on any atom is -0.367 e. The maximum Gasteiger partial charge on any atom is 0.180 e. The van der Waals surface area contributed by atoms with Gasteiger partial charge < -0.3 is 15.1 Å². The normalized spacial score (nSPS) is 20.9. The highest BCUT2D eigenvalue weighted by molar-refractivity contribution is 5.65. The molecule has 1 aliphatic carbocycles. The van der Waals surface area contributed by atoms with E-state index < -0.39 is 0 Å². The van der Waals surface area contributed by atoms with E-state index in [9.17, 15) is 0 Å². The molecule has 1 saturated carbocycles. The first kappa shape index (κ1) is 11.3. The third kappa shape index (κ3) is 1.88. The summed E-state index contributed by atoms with van der Waals surface area (Å²) in [5, 5.41) is 3.38. The molecule has 1 atom stereocenters. The molecule has 4 N–H and O–H groups in total. The van der Waals surface area contributed by atoms with Crippen LogP contribution in [0.15, 0.2) is 18.6 Å². The van der Waals surface area contributed by atoms with Gasteiger partial charge in [0, 0.05) is 18.9 Å². The summed E-state index contributed by atoms with van der Waals surface area (Å²) in [6.07, 6.45) is 6.71. The molecule has 2 aromatic rings. The van der Waals surface area contributed by atoms with Crippen LogP contribution in [0.25, 0.3) is 5.65 Å². The van der Waals surface area contributed by atoms with Crippen LogP contribution in [0.4, 0.5) is 11.6 Å². The number of imidazole rings is 1. The minimum atomic E-state index is 0.461. The van der Waals surface area contributed by atoms with Crippen LogP contribution in [-0.2, 0) is 0 Å². The van der Waals surface area contributed by atoms with E-state index in [1.54, 1.807) is 6.20 Å². The summed E-state index contributed by atoms with van der Waals surface area (Å²) in [6.45, 7) is 5.50. The molecule has 6 nitrogen and oxygen atoms in total. The summed E-state index contributed by atoms with van der Waals surface area (Å²) in [7, 11) is 0. The average molecular weight is 246 g/mol. The lowest BCUT2D eigenvalue weighted by molar-refractivity contribution is 0.573. The van der Waals surface area contributed by atoms with Crippen LogP contribution in [0.5, 0.6) is 0 Å². The first-order chi connectivity index (χ1) is 8.60. The maximum atomic E-state index is 5.42. The average Bonchev–Trinajstić information content (AvgIpc) is 2.78. The summed E-state index contributed by atoms with van der Waals surface area (Å²) < 4.78 is 1.91. The molecule has 0 radical (unpaired) electrons. The number of hydrogen-bond donors (Lipinski definition) is 3. The number of fused-ring (bicyclic) bond motifs is 1. The van der Waals surface area contributed by atoms with Crippen molar-refractivity contribution in [2.24, 2.45) is 17.2 Å². The molecule has 2 aromatic heterocycles. The number of nitrogen functional groups attached to an aromatic ring is 1. The Morgan fingerprint density at radius 1 is 1.56 bits per heavy atom. The van der Waals surface area contributed by atoms with Crippen molar-refractivity contribution in [1.82, 2.24) is 14.4 Å². The Hall–Kier alpha value is -1.82. The van der Waals surface area contributed by atoms with Crippen LogP contribution in [0, 0.1) is 11.3 Å². The van der Waals surface area contributed by atoms with Crippen molar-refractivity contribution in [3.63, 3.8) is 0 Å². The lowest BCUT2D eigenvalue weighted by atomic mass is 10.1. The van der Waals surface area contributed by atoms with Gasteiger partial charge in [-0.2, -0.15) is 0 Å². The van der Waals surface area contributed by atoms with Gasteiger partial charge in [0.2, 0.25) is 0 Å². The molecule has 96 valence electrons. The summed E-state index contributed by atoms with van der Waals surface area (Å²) in [6, 6.07) is 0. The molecule has 1 fully saturated rings. The van der Waals surface area contributed by atoms with Crippen molar-refractivity contribution in [3.8, 4) is 0 Å². The smallest absolute Gasteiger partial charge is 0.180 e. The van der Waals surface area contributed by atoms with Crippen LogP contribution < -0.4 is 16.6 Å². The van der Waals surface area contributed by atoms with E-state index >= 15 is 0 Å². The zero-order valence-corrected chi connectivity index (χ0v) is 10.6. The quantitative estimate of drug-likeness (QED) is 0.562. The molecule has 18 heavy (non-hydrogen) atoms. The van der Waals surface area contributed by atoms with E-state index in [2.05, 4.69) is 34.6 Å². The first-order valence-electron chi connectivity index (χ1n) is 6.14. The van der Waals surface area contributed by atoms with Crippen molar-refractivity contribution >= 4 is 17.3 Å². The Bertz CT molecular complexity index is 573. The second kappa shape index (κ2) is 3.84. The van der Waals surface area contributed by atoms with E-state index in [0.717, 1.165) is 18.0 Å². The van der Waals surface area contributed by atoms with Gasteiger partial charge in [0.1, 0.15) is 0 Å². The topological polar surface area (TPSA) is 80.3 Å². The van der Waals surface area contributed by atoms with Gasteiger partial charge in [-0.1, -0.05) is 13.8 Å². The number of nitrogens with one attached hydrogen (secondary N) is 2. The fourth-order valence-electron chi connectivity index (χ4n) is 2.26. The second-order valence-electron chi connectivity index (χ2n) is 5.55. The summed E-state index contributed by atoms with van der Waals surface area (Å²) in [4.78, 5) is 8.71. The number of hydrogen-bond acceptors (Lipinski definition) is 5. The standard InChI is InChI=1S/C12H18N6/c1-12(2)5-8(12)6-15-10-11-14-3-4-18(11)7-9(16-10)17-13/h3-4,7-8,17H,5-6,13H2,1-2H3,(H,15,16). The van der Waals surface area contributed by atoms with Crippen molar-refractivity contribution in [2.75, 3.05) is 17.3 Å². The predicted octanol–water partition coefficient (Wildman–Crippen LogP) is 1.47. The molecular formula is C12H18N6. The molecule has 1 aliphatic rings. The number of nitrogens with zero attached hydrogens (tertiary/aromatic N) is 3. The highest BCUT2D eigenvalue weighted by Gasteiger charge is 2.45. The van der Waals surface area contributed by atoms with Gasteiger partial charge in [-0.25, -0.2) is 15.8 Å². The van der Waals surface area contributed by atoms with Gasteiger partial charge in [0.05, 0.1) is 6.20 Å². The van der Waals surface area contributed by atoms with Gasteiger partial charge in [0.15, 0.2) is 17.3 Å². The number of nitrogens with two attached hydrogens (primary N) is 1. The van der Waals surface area contributed by atoms with Crippen LogP contribution in [0.3, 0.4) is 0 Å². The molecule has 1 unspecified atom stereocenters. The highest BCUT2D eigenvalue weighted by atomic mass is 15.3. The highest BCUT2D eigenvalue weighted by Crippen LogP contribution is 2.51. The molecule has 3 rings (SSSR count). The molecule has 2 heterocycles. The molecule has 0 saturated heterocycles. The number of hydrazine groups is 1. The molecule has 0 bridgehead atoms. The predicted molar refractivity (Wildman–Crippen MR) is 71.2 cm³/mol. The van der Waals surface area contributed by atoms with Crippen molar-refractivity contribution in [1.29, 1.82) is 0 Å². The second-order valence-corrected chi connectivity index (χ2v) is 5.55. The largest absolute Gasteiger partial charge is 0.367 e. The van der Waals surface area contributed by atoms with Gasteiger partial charge in [-0.15, -0.1) is 0 Å². The lowest BCUT2D eigenvalue weighted by Crippen LogP contribution is -2.14. The molecule has 6 heteroatoms. The third-order valence-electron chi connectivity index (χ3n) is 3.76. The van der Waals surface area contributed by atoms with Crippen molar-refractivity contribution < 1.29 is 0 Å². The Labute approximate surface area is 106 Å². The number of anilines is 2. The van der Waals surface area contributed by atoms with Gasteiger partial charge in [-0.05, 0) is 17.8 Å². The Morgan fingerprint density at radius 3 is 3.00 bits per heavy atom. The van der Waals surface area contributed by atoms with E-state index in [1.807, 2.05) is 16.8 Å². The van der Waals surface area contributed by atoms with E-state index in [0.29, 0.717) is 17.2 Å². The zero-order valence-electron chi connectivity index (χ0n) is 10.6. The number of rotatable bonds is 4. The molecular weight excluding hydrogens is 228 g/mol. The van der Waals surface area contributed by atoms with E-state index in [4.69, 9.17) is 5.84 Å². The van der Waals surface area contributed by atoms with Gasteiger partial charge >= 0.3 is 0 Å². The Morgan fingerprint density at radius 2 is 2.33 bits per heavy atom. The summed E-state index contributed by atoms with van der Waals surface area (Å²) >= 11 is 0. The van der Waals surface area contributed by atoms with Crippen LogP contribution >= 0.6 is 0 Å². The first-order valence-corrected chi connectivity index (χ1v) is 6.14. The van der Waals surface area contributed by atoms with Crippen LogP contribution in [-0.4, -0.2) is 20.9 Å². The molecule has 0 aliphatic heterocycles. The third-order valence-corrected chi connectivity index (χ3v) is 3.76. The lowest BCUT2D eigenvalue weighted by Gasteiger charge is -2.10. The van der Waals surface area contributed by atoms with Crippen LogP contribution in [0.1, 0.15) is 20.3 Å². The SMILES string of the molecule is CC1(C)CC1CNc1nc(NN)cn2ccnc12. The summed E-state index contributed by atoms with van der Waals surface area (Å²) in [5.41, 5.74) is 3.86. The Balaban J connectivity index is 1.83. The fourth-order valence-corrected chi connectivity index (χ4v) is 2.26. The zero-order chi connectivity index (χ0) is 12.8. The number of aromatic nitrogens is 3. The van der Waals surface area contributed by atoms with Gasteiger partial charge in [0.25, 0.3) is 0 Å². The molecule has 0 spiro atoms. The Kier molecular flexibility index (Phi) is 2.41. The monoisotopic (exact) mass is 246 g/mol. The van der Waals surface area contributed by atoms with Crippen molar-refractivity contribution in [2.45, 2.75) is 20.3 Å². The molecule has 0 amide bonds. The summed E-state index contributed by atoms with van der Waals surface area (Å²) in [5.74, 6) is 7.53. The van der Waals surface area contributed by atoms with E-state index in [-0.39, 0.29) is 0 Å². The van der Waals surface area contributed by atoms with E-state index in [1.165, 1.54) is 6.42 Å². The minimum absolute atomic E-state index is 0.461. The van der Waals surface area contributed by atoms with Crippen LogP contribution in [0.2, 0.25) is 0 Å². The maximum absolute atomic E-state index is 5.42. The van der Waals surface area contributed by atoms with Crippen molar-refractivity contribution in [3.05, 3.63) is 18.6 Å².